The van der Waals surface area contributed by atoms with Crippen molar-refractivity contribution in [3.05, 3.63) is 91.5 Å². The smallest absolute Gasteiger partial charge is 1.00 e. The molecule has 3 aromatic rings. The molecule has 28 heteroatoms. The Labute approximate surface area is 511 Å². The Morgan fingerprint density at radius 1 is 0.632 bits per heavy atom. The minimum atomic E-state index is -4.70. The molecule has 0 unspecified atom stereocenters. The summed E-state index contributed by atoms with van der Waals surface area (Å²) in [4.78, 5) is 37.0. The van der Waals surface area contributed by atoms with E-state index in [1.54, 1.807) is 0 Å². The van der Waals surface area contributed by atoms with Crippen molar-refractivity contribution < 1.29 is 220 Å². The summed E-state index contributed by atoms with van der Waals surface area (Å²) >= 11 is 5.54. The number of aromatic hydroxyl groups is 1. The summed E-state index contributed by atoms with van der Waals surface area (Å²) in [7, 11) is 0. The number of nitro benzene ring substituents is 2. The molecule has 3 heterocycles. The van der Waals surface area contributed by atoms with Crippen LogP contribution in [0.4, 0.5) is 56.6 Å². The maximum atomic E-state index is 12.7. The van der Waals surface area contributed by atoms with Crippen LogP contribution in [0.5, 0.6) is 17.2 Å². The minimum absolute atomic E-state index is 0. The van der Waals surface area contributed by atoms with Crippen molar-refractivity contribution in [2.75, 3.05) is 83.7 Å². The predicted octanol–water partition coefficient (Wildman–Crippen LogP) is 2.29. The number of nitrogen functional groups attached to an aromatic ring is 1. The van der Waals surface area contributed by atoms with Crippen LogP contribution in [-0.4, -0.2) is 114 Å². The Morgan fingerprint density at radius 2 is 0.971 bits per heavy atom. The van der Waals surface area contributed by atoms with Crippen LogP contribution in [0.2, 0.25) is 0 Å². The van der Waals surface area contributed by atoms with Crippen molar-refractivity contribution in [3.8, 4) is 17.2 Å². The first-order chi connectivity index (χ1) is 31.0. The van der Waals surface area contributed by atoms with E-state index in [0.717, 1.165) is 82.3 Å². The fourth-order valence-corrected chi connectivity index (χ4v) is 6.63. The number of anilines is 1. The normalized spacial score (nSPS) is 14.9. The summed E-state index contributed by atoms with van der Waals surface area (Å²) in [6, 6.07) is 7.05. The molecular weight excluding hydrogens is 1200 g/mol. The van der Waals surface area contributed by atoms with Crippen molar-refractivity contribution in [1.29, 1.82) is 0 Å². The van der Waals surface area contributed by atoms with E-state index in [1.807, 2.05) is 0 Å². The number of rotatable bonds is 13. The number of benzene rings is 3. The van der Waals surface area contributed by atoms with Gasteiger partial charge in [0.15, 0.2) is 0 Å². The maximum Gasteiger partial charge on any atom is 1.00 e. The second-order valence-electron chi connectivity index (χ2n) is 14.5. The first-order valence-corrected chi connectivity index (χ1v) is 20.6. The number of hydrogen-bond donors (Lipinski definition) is 2. The monoisotopic (exact) mass is 1250 g/mol. The third-order valence-electron chi connectivity index (χ3n) is 9.51. The molecule has 0 saturated carbocycles. The molecule has 0 amide bonds. The molecular formula is C40H52ClCs2F9N6O10. The predicted molar refractivity (Wildman–Crippen MR) is 223 cm³/mol. The number of phenolic OH excluding ortho intramolecular Hbond substituents is 1. The third-order valence-corrected chi connectivity index (χ3v) is 9.68. The van der Waals surface area contributed by atoms with Gasteiger partial charge < -0.3 is 36.8 Å². The minimum Gasteiger partial charge on any atom is -1.00 e. The van der Waals surface area contributed by atoms with Crippen LogP contribution in [-0.2, 0) is 28.2 Å². The zero-order chi connectivity index (χ0) is 49.5. The maximum absolute atomic E-state index is 12.7. The number of halogens is 10. The van der Waals surface area contributed by atoms with Gasteiger partial charge in [0.2, 0.25) is 0 Å². The molecule has 0 spiro atoms. The zero-order valence-corrected chi connectivity index (χ0v) is 50.5. The summed E-state index contributed by atoms with van der Waals surface area (Å²) in [5, 5.41) is 38.1. The van der Waals surface area contributed by atoms with Gasteiger partial charge in [0.25, 0.3) is 17.8 Å². The topological polar surface area (TPSA) is 210 Å². The van der Waals surface area contributed by atoms with Gasteiger partial charge >= 0.3 is 156 Å². The third kappa shape index (κ3) is 27.5. The molecule has 3 aliphatic rings. The van der Waals surface area contributed by atoms with Crippen molar-refractivity contribution in [2.24, 2.45) is 0 Å². The molecule has 374 valence electrons. The molecule has 0 aromatic heterocycles. The van der Waals surface area contributed by atoms with Crippen molar-refractivity contribution in [3.63, 3.8) is 0 Å². The van der Waals surface area contributed by atoms with Crippen LogP contribution < -0.4 is 158 Å². The van der Waals surface area contributed by atoms with E-state index in [-0.39, 0.29) is 171 Å². The van der Waals surface area contributed by atoms with Gasteiger partial charge in [0, 0.05) is 50.8 Å². The summed E-state index contributed by atoms with van der Waals surface area (Å²) in [6.45, 7) is 9.33. The van der Waals surface area contributed by atoms with Gasteiger partial charge in [-0.25, -0.2) is 0 Å². The number of carbonyl (C=O) groups excluding carboxylic acids is 1. The second-order valence-corrected chi connectivity index (χ2v) is 14.9. The standard InChI is InChI=1S/C13H15F3N2O3.C13H17F3N2O.C7H4F3NO3.C6H12ClN.CH2O3.2Cs.H2.H/c14-13(15,16)10-7-11(18(19)20)9-12(8-10)21-6-5-17-3-1-2-4-17;14-13(15,16)10-7-11(17)9-12(8-10)19-6-5-18-3-1-2-4-18;8-7(9,10)4-1-5(11(13)14)3-6(12)2-4;7-3-6-8-4-1-2-5-8;2-1-4-3;;;;/h7-9H,1-6H2;7-9H,1-6,17H2;1-3,12H;1-6H2;1,3H;;;1H;/q;;;;;2*+1;;-1/p-1. The van der Waals surface area contributed by atoms with Crippen molar-refractivity contribution in [2.45, 2.75) is 57.1 Å². The van der Waals surface area contributed by atoms with Gasteiger partial charge in [-0.1, -0.05) is 0 Å². The SMILES string of the molecule is ClCCN1CCCC1.Nc1cc(OCCN2CCCC2)cc(C(F)(F)F)c1.O=CO[O-].O=[N+]([O-])c1cc(O)cc(C(F)(F)F)c1.O=[N+]([O-])c1cc(OCCN2CCCC2)cc(C(F)(F)F)c1.[Cs+].[Cs+].[H-].[HH]. The molecule has 3 N–H and O–H groups in total. The number of alkyl halides is 10. The molecule has 3 aliphatic heterocycles. The Balaban J connectivity index is -0.000000848. The molecule has 0 bridgehead atoms. The van der Waals surface area contributed by atoms with Crippen LogP contribution in [0.1, 0.15) is 58.1 Å². The number of non-ortho nitro benzene ring substituents is 2. The first kappa shape index (κ1) is 66.7. The van der Waals surface area contributed by atoms with Gasteiger partial charge in [-0.3, -0.25) is 34.8 Å². The molecule has 3 saturated heterocycles. The van der Waals surface area contributed by atoms with Crippen LogP contribution >= 0.6 is 11.6 Å². The van der Waals surface area contributed by atoms with E-state index in [4.69, 9.17) is 42.0 Å². The van der Waals surface area contributed by atoms with Gasteiger partial charge in [0.05, 0.1) is 38.7 Å². The van der Waals surface area contributed by atoms with E-state index in [9.17, 15) is 59.7 Å². The van der Waals surface area contributed by atoms with E-state index in [0.29, 0.717) is 37.4 Å². The van der Waals surface area contributed by atoms with Crippen LogP contribution in [0.15, 0.2) is 54.6 Å². The number of carbonyl (C=O) groups is 1. The number of ether oxygens (including phenoxy) is 2. The van der Waals surface area contributed by atoms with Gasteiger partial charge in [-0.2, -0.15) is 39.5 Å². The zero-order valence-electron chi connectivity index (χ0n) is 38.2. The molecule has 6 rings (SSSR count). The van der Waals surface area contributed by atoms with Crippen LogP contribution in [0.3, 0.4) is 0 Å². The van der Waals surface area contributed by atoms with Crippen LogP contribution in [0, 0.1) is 20.2 Å². The number of nitrogens with zero attached hydrogens (tertiary/aromatic N) is 5. The summed E-state index contributed by atoms with van der Waals surface area (Å²) in [5.74, 6) is 0.0498. The molecule has 68 heavy (non-hydrogen) atoms. The molecule has 0 aliphatic carbocycles. The molecule has 16 nitrogen and oxygen atoms in total. The van der Waals surface area contributed by atoms with Crippen molar-refractivity contribution in [1.82, 2.24) is 14.7 Å². The fourth-order valence-electron chi connectivity index (χ4n) is 6.39. The summed E-state index contributed by atoms with van der Waals surface area (Å²) in [5.41, 5.74) is 1.01. The number of phenols is 1. The van der Waals surface area contributed by atoms with Gasteiger partial charge in [-0.15, -0.1) is 11.6 Å². The number of likely N-dealkylation sites (tertiary alicyclic amines) is 3. The van der Waals surface area contributed by atoms with Gasteiger partial charge in [0.1, 0.15) is 30.5 Å². The molecule has 3 aromatic carbocycles. The average Bonchev–Trinajstić information content (AvgIpc) is 4.07. The summed E-state index contributed by atoms with van der Waals surface area (Å²) in [6.07, 6.45) is -6.43. The quantitative estimate of drug-likeness (QED) is 0.0479. The molecule has 0 radical (unpaired) electrons. The Morgan fingerprint density at radius 3 is 1.32 bits per heavy atom. The van der Waals surface area contributed by atoms with E-state index in [2.05, 4.69) is 19.6 Å². The molecule has 0 atom stereocenters. The Bertz CT molecular complexity index is 1970. The first-order valence-electron chi connectivity index (χ1n) is 20.1. The largest absolute Gasteiger partial charge is 1.00 e. The van der Waals surface area contributed by atoms with E-state index in [1.165, 1.54) is 44.8 Å². The fraction of sp³-hybridized carbons (Fsp3) is 0.525. The number of nitro groups is 2. The van der Waals surface area contributed by atoms with Crippen molar-refractivity contribution >= 4 is 35.1 Å². The molecule has 3 fully saturated rings. The van der Waals surface area contributed by atoms with E-state index >= 15 is 0 Å². The Kier molecular flexibility index (Phi) is 33.6. The summed E-state index contributed by atoms with van der Waals surface area (Å²) < 4.78 is 123. The van der Waals surface area contributed by atoms with Gasteiger partial charge in [-0.05, 0) is 102 Å². The number of hydrogen-bond acceptors (Lipinski definition) is 14. The number of nitrogens with two attached hydrogens (primary N) is 1. The van der Waals surface area contributed by atoms with Crippen LogP contribution in [0.25, 0.3) is 0 Å². The van der Waals surface area contributed by atoms with E-state index < -0.39 is 62.2 Å². The average molecular weight is 1250 g/mol. The Hall–Kier alpha value is -1.27. The second kappa shape index (κ2) is 34.2.